The highest BCUT2D eigenvalue weighted by atomic mass is 35.5. The lowest BCUT2D eigenvalue weighted by molar-refractivity contribution is -0.439. The number of fused-ring (bicyclic) bond motifs is 2. The van der Waals surface area contributed by atoms with Crippen molar-refractivity contribution in [3.8, 4) is 0 Å². The van der Waals surface area contributed by atoms with Crippen molar-refractivity contribution in [3.63, 3.8) is 0 Å². The molecule has 4 nitrogen and oxygen atoms in total. The number of allylic oxidation sites excluding steroid dienone is 1. The summed E-state index contributed by atoms with van der Waals surface area (Å²) in [5.41, 5.74) is 5.61. The van der Waals surface area contributed by atoms with Crippen LogP contribution in [0.1, 0.15) is 51.2 Å². The SMILES string of the molecule is CC(C)CC[N+]1=C(C=C2C(=O)C(c3cn(C)c4ccc(Cl)cc34)C2O)C(C)(C)c2ccccc21. The molecule has 2 aliphatic rings. The van der Waals surface area contributed by atoms with E-state index in [1.807, 2.05) is 42.1 Å². The van der Waals surface area contributed by atoms with E-state index in [9.17, 15) is 9.90 Å². The summed E-state index contributed by atoms with van der Waals surface area (Å²) in [4.78, 5) is 13.5. The molecule has 0 radical (unpaired) electrons. The highest BCUT2D eigenvalue weighted by Gasteiger charge is 2.50. The van der Waals surface area contributed by atoms with Gasteiger partial charge in [0.2, 0.25) is 5.69 Å². The number of ketones is 1. The van der Waals surface area contributed by atoms with E-state index in [1.54, 1.807) is 0 Å². The number of aliphatic hydroxyl groups is 1. The highest BCUT2D eigenvalue weighted by Crippen LogP contribution is 2.45. The number of Topliss-reactive ketones (excluding diaryl/α,β-unsaturated/α-hetero) is 1. The number of carbonyl (C=O) groups excluding carboxylic acids is 1. The lowest BCUT2D eigenvalue weighted by Crippen LogP contribution is -2.44. The topological polar surface area (TPSA) is 45.2 Å². The first-order valence-electron chi connectivity index (χ1n) is 12.0. The molecule has 0 spiro atoms. The fraction of sp³-hybridized carbons (Fsp3) is 0.379. The molecule has 3 aromatic rings. The molecule has 0 amide bonds. The molecule has 2 heterocycles. The number of nitrogens with zero attached hydrogens (tertiary/aromatic N) is 2. The van der Waals surface area contributed by atoms with Gasteiger partial charge in [0.15, 0.2) is 11.5 Å². The number of benzene rings is 2. The number of hydrogen-bond donors (Lipinski definition) is 1. The Balaban J connectivity index is 1.56. The predicted octanol–water partition coefficient (Wildman–Crippen LogP) is 5.91. The minimum atomic E-state index is -0.837. The predicted molar refractivity (Wildman–Crippen MR) is 138 cm³/mol. The number of carbonyl (C=O) groups is 1. The molecule has 0 saturated heterocycles. The summed E-state index contributed by atoms with van der Waals surface area (Å²) in [7, 11) is 1.95. The van der Waals surface area contributed by atoms with Crippen LogP contribution in [0, 0.1) is 5.92 Å². The van der Waals surface area contributed by atoms with Gasteiger partial charge in [-0.05, 0) is 43.5 Å². The van der Waals surface area contributed by atoms with Crippen LogP contribution in [0.4, 0.5) is 5.69 Å². The molecule has 5 heteroatoms. The highest BCUT2D eigenvalue weighted by molar-refractivity contribution is 6.31. The van der Waals surface area contributed by atoms with Gasteiger partial charge in [0.1, 0.15) is 6.54 Å². The standard InChI is InChI=1S/C29H32ClN2O2/c1-17(2)12-13-32-24-9-7-6-8-22(24)29(3,4)25(32)15-20-27(33)26(28(20)34)21-16-31(5)23-11-10-18(30)14-19(21)23/h6-11,14-17,26-27,33H,12-13H2,1-5H3/q+1. The summed E-state index contributed by atoms with van der Waals surface area (Å²) in [6, 6.07) is 14.2. The van der Waals surface area contributed by atoms with Gasteiger partial charge < -0.3 is 9.67 Å². The Morgan fingerprint density at radius 3 is 2.65 bits per heavy atom. The fourth-order valence-corrected chi connectivity index (χ4v) is 5.71. The van der Waals surface area contributed by atoms with Crippen molar-refractivity contribution in [2.45, 2.75) is 51.6 Å². The van der Waals surface area contributed by atoms with Crippen molar-refractivity contribution in [1.82, 2.24) is 4.57 Å². The minimum Gasteiger partial charge on any atom is -0.387 e. The van der Waals surface area contributed by atoms with E-state index in [1.165, 1.54) is 11.3 Å². The van der Waals surface area contributed by atoms with Gasteiger partial charge in [-0.25, -0.2) is 0 Å². The van der Waals surface area contributed by atoms with Crippen LogP contribution in [0.15, 0.2) is 60.3 Å². The number of aliphatic hydroxyl groups excluding tert-OH is 1. The fourth-order valence-electron chi connectivity index (χ4n) is 5.54. The van der Waals surface area contributed by atoms with Crippen molar-refractivity contribution < 1.29 is 14.5 Å². The summed E-state index contributed by atoms with van der Waals surface area (Å²) in [5.74, 6) is -0.00340. The first-order chi connectivity index (χ1) is 16.1. The molecule has 2 aromatic carbocycles. The Morgan fingerprint density at radius 1 is 1.21 bits per heavy atom. The molecule has 1 saturated carbocycles. The molecule has 1 aliphatic heterocycles. The number of halogens is 1. The quantitative estimate of drug-likeness (QED) is 0.368. The lowest BCUT2D eigenvalue weighted by atomic mass is 9.69. The van der Waals surface area contributed by atoms with E-state index in [-0.39, 0.29) is 11.2 Å². The number of hydrogen-bond acceptors (Lipinski definition) is 2. The average molecular weight is 476 g/mol. The van der Waals surface area contributed by atoms with Crippen LogP contribution in [-0.4, -0.2) is 38.4 Å². The largest absolute Gasteiger partial charge is 0.387 e. The smallest absolute Gasteiger partial charge is 0.209 e. The van der Waals surface area contributed by atoms with Crippen molar-refractivity contribution in [1.29, 1.82) is 0 Å². The van der Waals surface area contributed by atoms with Crippen molar-refractivity contribution in [3.05, 3.63) is 76.5 Å². The van der Waals surface area contributed by atoms with Crippen LogP contribution >= 0.6 is 11.6 Å². The average Bonchev–Trinajstić information content (AvgIpc) is 3.21. The Kier molecular flexibility index (Phi) is 5.57. The van der Waals surface area contributed by atoms with Crippen LogP contribution in [0.25, 0.3) is 10.9 Å². The second-order valence-corrected chi connectivity index (χ2v) is 11.0. The summed E-state index contributed by atoms with van der Waals surface area (Å²) < 4.78 is 4.33. The van der Waals surface area contributed by atoms with Gasteiger partial charge in [-0.2, -0.15) is 4.58 Å². The normalized spacial score (nSPS) is 22.7. The third-order valence-electron chi connectivity index (χ3n) is 7.54. The number of aromatic nitrogens is 1. The summed E-state index contributed by atoms with van der Waals surface area (Å²) in [5, 5.41) is 12.8. The molecule has 176 valence electrons. The monoisotopic (exact) mass is 475 g/mol. The summed E-state index contributed by atoms with van der Waals surface area (Å²) in [6.45, 7) is 9.74. The van der Waals surface area contributed by atoms with Crippen molar-refractivity contribution >= 4 is 39.7 Å². The summed E-state index contributed by atoms with van der Waals surface area (Å²) >= 11 is 6.25. The molecule has 1 N–H and O–H groups in total. The van der Waals surface area contributed by atoms with Crippen molar-refractivity contribution in [2.75, 3.05) is 6.54 Å². The third-order valence-corrected chi connectivity index (χ3v) is 7.78. The van der Waals surface area contributed by atoms with E-state index in [2.05, 4.69) is 56.5 Å². The second-order valence-electron chi connectivity index (χ2n) is 10.6. The van der Waals surface area contributed by atoms with E-state index in [4.69, 9.17) is 11.6 Å². The van der Waals surface area contributed by atoms with Gasteiger partial charge in [0.05, 0.1) is 17.4 Å². The minimum absolute atomic E-state index is 0.0111. The molecule has 34 heavy (non-hydrogen) atoms. The van der Waals surface area contributed by atoms with E-state index in [0.717, 1.165) is 35.1 Å². The van der Waals surface area contributed by atoms with E-state index < -0.39 is 12.0 Å². The maximum atomic E-state index is 13.5. The zero-order valence-electron chi connectivity index (χ0n) is 20.5. The van der Waals surface area contributed by atoms with Crippen LogP contribution in [0.2, 0.25) is 5.02 Å². The Hall–Kier alpha value is -2.69. The molecule has 1 fully saturated rings. The maximum Gasteiger partial charge on any atom is 0.209 e. The van der Waals surface area contributed by atoms with Crippen LogP contribution < -0.4 is 0 Å². The molecule has 5 rings (SSSR count). The number of rotatable bonds is 5. The van der Waals surface area contributed by atoms with Gasteiger partial charge in [0.25, 0.3) is 0 Å². The van der Waals surface area contributed by atoms with Crippen LogP contribution in [0.3, 0.4) is 0 Å². The first kappa shape index (κ1) is 23.1. The van der Waals surface area contributed by atoms with Gasteiger partial charge in [-0.1, -0.05) is 43.6 Å². The zero-order valence-corrected chi connectivity index (χ0v) is 21.2. The maximum absolute atomic E-state index is 13.5. The zero-order chi connectivity index (χ0) is 24.4. The van der Waals surface area contributed by atoms with Gasteiger partial charge in [0, 0.05) is 58.9 Å². The Labute approximate surface area is 206 Å². The van der Waals surface area contributed by atoms with Crippen LogP contribution in [-0.2, 0) is 17.3 Å². The summed E-state index contributed by atoms with van der Waals surface area (Å²) in [6.07, 6.45) is 4.12. The first-order valence-corrected chi connectivity index (χ1v) is 12.4. The molecule has 0 bridgehead atoms. The van der Waals surface area contributed by atoms with Gasteiger partial charge in [-0.3, -0.25) is 4.79 Å². The van der Waals surface area contributed by atoms with Gasteiger partial charge >= 0.3 is 0 Å². The Bertz CT molecular complexity index is 1380. The van der Waals surface area contributed by atoms with Crippen molar-refractivity contribution in [2.24, 2.45) is 13.0 Å². The molecule has 2 atom stereocenters. The third kappa shape index (κ3) is 3.47. The second kappa shape index (κ2) is 8.21. The van der Waals surface area contributed by atoms with Crippen LogP contribution in [0.5, 0.6) is 0 Å². The van der Waals surface area contributed by atoms with Gasteiger partial charge in [-0.15, -0.1) is 0 Å². The Morgan fingerprint density at radius 2 is 1.94 bits per heavy atom. The molecule has 2 unspecified atom stereocenters. The van der Waals surface area contributed by atoms with E-state index >= 15 is 0 Å². The molecular weight excluding hydrogens is 444 g/mol. The lowest BCUT2D eigenvalue weighted by Gasteiger charge is -2.34. The number of para-hydroxylation sites is 1. The molecular formula is C29H32ClN2O2+. The number of aryl methyl sites for hydroxylation is 1. The molecule has 1 aromatic heterocycles. The molecule has 1 aliphatic carbocycles. The van der Waals surface area contributed by atoms with E-state index in [0.29, 0.717) is 16.5 Å².